The highest BCUT2D eigenvalue weighted by Gasteiger charge is 2.22. The van der Waals surface area contributed by atoms with Crippen molar-refractivity contribution < 1.29 is 9.53 Å². The molecule has 1 heterocycles. The molecule has 0 radical (unpaired) electrons. The molecule has 0 fully saturated rings. The zero-order valence-electron chi connectivity index (χ0n) is 15.9. The Morgan fingerprint density at radius 1 is 1.11 bits per heavy atom. The molecule has 1 aromatic heterocycles. The fourth-order valence-electron chi connectivity index (χ4n) is 3.07. The van der Waals surface area contributed by atoms with Crippen LogP contribution in [0.25, 0.3) is 0 Å². The largest absolute Gasteiger partial charge is 0.497 e. The van der Waals surface area contributed by atoms with Crippen molar-refractivity contribution in [2.24, 2.45) is 7.05 Å². The summed E-state index contributed by atoms with van der Waals surface area (Å²) in [5.74, 6) is 0.444. The fraction of sp³-hybridized carbons (Fsp3) is 0.182. The third-order valence-corrected chi connectivity index (χ3v) is 4.97. The highest BCUT2D eigenvalue weighted by molar-refractivity contribution is 6.31. The van der Waals surface area contributed by atoms with E-state index in [2.05, 4.69) is 5.32 Å². The molecule has 1 amide bonds. The number of nitrogens with zero attached hydrogens (tertiary/aromatic N) is 1. The van der Waals surface area contributed by atoms with Gasteiger partial charge in [-0.1, -0.05) is 35.9 Å². The first-order valence-corrected chi connectivity index (χ1v) is 9.15. The van der Waals surface area contributed by atoms with Crippen molar-refractivity contribution in [1.82, 2.24) is 9.88 Å². The predicted octanol–water partition coefficient (Wildman–Crippen LogP) is 3.88. The minimum Gasteiger partial charge on any atom is -0.497 e. The van der Waals surface area contributed by atoms with Gasteiger partial charge in [-0.05, 0) is 47.9 Å². The molecule has 1 atom stereocenters. The van der Waals surface area contributed by atoms with Crippen molar-refractivity contribution >= 4 is 17.5 Å². The van der Waals surface area contributed by atoms with Crippen LogP contribution in [0.1, 0.15) is 33.1 Å². The maximum atomic E-state index is 12.9. The van der Waals surface area contributed by atoms with Crippen LogP contribution < -0.4 is 15.6 Å². The number of hydrogen-bond acceptors (Lipinski definition) is 3. The summed E-state index contributed by atoms with van der Waals surface area (Å²) in [5, 5.41) is 3.61. The lowest BCUT2D eigenvalue weighted by atomic mass is 9.94. The van der Waals surface area contributed by atoms with Gasteiger partial charge in [0.25, 0.3) is 5.91 Å². The Balaban J connectivity index is 2.04. The number of hydrogen-bond donors (Lipinski definition) is 1. The molecule has 144 valence electrons. The molecule has 28 heavy (non-hydrogen) atoms. The van der Waals surface area contributed by atoms with Gasteiger partial charge in [-0.25, -0.2) is 0 Å². The predicted molar refractivity (Wildman–Crippen MR) is 110 cm³/mol. The van der Waals surface area contributed by atoms with E-state index in [-0.39, 0.29) is 11.5 Å². The van der Waals surface area contributed by atoms with Gasteiger partial charge in [0.2, 0.25) is 5.56 Å². The van der Waals surface area contributed by atoms with Gasteiger partial charge in [0.1, 0.15) is 5.75 Å². The standard InChI is InChI=1S/C22H21ClN2O3/c1-14-12-16(28-3)9-10-17(14)21(18-6-4-5-7-19(18)23)24-22(27)15-8-11-20(26)25(2)13-15/h4-13,21H,1-3H3,(H,24,27). The highest BCUT2D eigenvalue weighted by atomic mass is 35.5. The van der Waals surface area contributed by atoms with Crippen LogP contribution in [0.5, 0.6) is 5.75 Å². The van der Waals surface area contributed by atoms with E-state index in [9.17, 15) is 9.59 Å². The van der Waals surface area contributed by atoms with E-state index in [0.717, 1.165) is 22.4 Å². The number of benzene rings is 2. The van der Waals surface area contributed by atoms with E-state index >= 15 is 0 Å². The maximum Gasteiger partial charge on any atom is 0.253 e. The fourth-order valence-corrected chi connectivity index (χ4v) is 3.32. The van der Waals surface area contributed by atoms with Gasteiger partial charge in [-0.15, -0.1) is 0 Å². The molecule has 1 unspecified atom stereocenters. The second kappa shape index (κ2) is 8.31. The molecule has 0 aliphatic heterocycles. The van der Waals surface area contributed by atoms with Crippen LogP contribution in [0.15, 0.2) is 65.6 Å². The van der Waals surface area contributed by atoms with Crippen LogP contribution in [0, 0.1) is 6.92 Å². The van der Waals surface area contributed by atoms with E-state index in [1.165, 1.54) is 22.9 Å². The second-order valence-corrected chi connectivity index (χ2v) is 6.92. The second-order valence-electron chi connectivity index (χ2n) is 6.52. The summed E-state index contributed by atoms with van der Waals surface area (Å²) in [5.41, 5.74) is 2.88. The van der Waals surface area contributed by atoms with Crippen LogP contribution in [0.2, 0.25) is 5.02 Å². The number of carbonyl (C=O) groups excluding carboxylic acids is 1. The topological polar surface area (TPSA) is 60.3 Å². The third kappa shape index (κ3) is 4.10. The van der Waals surface area contributed by atoms with E-state index < -0.39 is 6.04 Å². The Bertz CT molecular complexity index is 1080. The number of halogens is 1. The first-order chi connectivity index (χ1) is 13.4. The van der Waals surface area contributed by atoms with Gasteiger partial charge in [0.05, 0.1) is 18.7 Å². The number of ether oxygens (including phenoxy) is 1. The average Bonchev–Trinajstić information content (AvgIpc) is 2.69. The summed E-state index contributed by atoms with van der Waals surface area (Å²) in [6.07, 6.45) is 1.52. The lowest BCUT2D eigenvalue weighted by Gasteiger charge is -2.23. The first-order valence-electron chi connectivity index (χ1n) is 8.77. The minimum absolute atomic E-state index is 0.176. The zero-order chi connectivity index (χ0) is 20.3. The van der Waals surface area contributed by atoms with Gasteiger partial charge < -0.3 is 14.6 Å². The van der Waals surface area contributed by atoms with Crippen molar-refractivity contribution in [1.29, 1.82) is 0 Å². The zero-order valence-corrected chi connectivity index (χ0v) is 16.7. The van der Waals surface area contributed by atoms with E-state index in [4.69, 9.17) is 16.3 Å². The smallest absolute Gasteiger partial charge is 0.253 e. The summed E-state index contributed by atoms with van der Waals surface area (Å²) >= 11 is 6.43. The van der Waals surface area contributed by atoms with Crippen molar-refractivity contribution in [3.8, 4) is 5.75 Å². The highest BCUT2D eigenvalue weighted by Crippen LogP contribution is 2.32. The molecule has 3 rings (SSSR count). The normalized spacial score (nSPS) is 11.7. The molecule has 3 aromatic rings. The molecule has 0 bridgehead atoms. The molecule has 1 N–H and O–H groups in total. The Morgan fingerprint density at radius 3 is 2.50 bits per heavy atom. The molecule has 0 aliphatic carbocycles. The van der Waals surface area contributed by atoms with Gasteiger partial charge >= 0.3 is 0 Å². The quantitative estimate of drug-likeness (QED) is 0.712. The lowest BCUT2D eigenvalue weighted by molar-refractivity contribution is 0.0942. The summed E-state index contributed by atoms with van der Waals surface area (Å²) < 4.78 is 6.66. The van der Waals surface area contributed by atoms with Crippen LogP contribution in [0.4, 0.5) is 0 Å². The van der Waals surface area contributed by atoms with Crippen molar-refractivity contribution in [3.05, 3.63) is 98.4 Å². The molecule has 5 nitrogen and oxygen atoms in total. The van der Waals surface area contributed by atoms with Crippen molar-refractivity contribution in [3.63, 3.8) is 0 Å². The summed E-state index contributed by atoms with van der Waals surface area (Å²) in [4.78, 5) is 24.5. The Kier molecular flexibility index (Phi) is 5.85. The van der Waals surface area contributed by atoms with Gasteiger partial charge in [-0.3, -0.25) is 9.59 Å². The van der Waals surface area contributed by atoms with Crippen molar-refractivity contribution in [2.45, 2.75) is 13.0 Å². The Hall–Kier alpha value is -3.05. The third-order valence-electron chi connectivity index (χ3n) is 4.63. The molecule has 0 aliphatic rings. The number of aryl methyl sites for hydroxylation is 2. The molecule has 0 saturated heterocycles. The molecule has 2 aromatic carbocycles. The van der Waals surface area contributed by atoms with E-state index in [1.807, 2.05) is 43.3 Å². The monoisotopic (exact) mass is 396 g/mol. The molecule has 0 saturated carbocycles. The first kappa shape index (κ1) is 19.7. The van der Waals surface area contributed by atoms with Crippen LogP contribution >= 0.6 is 11.6 Å². The van der Waals surface area contributed by atoms with Crippen LogP contribution in [-0.2, 0) is 7.05 Å². The van der Waals surface area contributed by atoms with Gasteiger partial charge in [-0.2, -0.15) is 0 Å². The molecular formula is C22H21ClN2O3. The van der Waals surface area contributed by atoms with Gasteiger partial charge in [0, 0.05) is 24.3 Å². The van der Waals surface area contributed by atoms with Gasteiger partial charge in [0.15, 0.2) is 0 Å². The van der Waals surface area contributed by atoms with E-state index in [0.29, 0.717) is 10.6 Å². The van der Waals surface area contributed by atoms with Crippen LogP contribution in [0.3, 0.4) is 0 Å². The number of carbonyl (C=O) groups is 1. The maximum absolute atomic E-state index is 12.9. The van der Waals surface area contributed by atoms with Crippen molar-refractivity contribution in [2.75, 3.05) is 7.11 Å². The summed E-state index contributed by atoms with van der Waals surface area (Å²) in [6, 6.07) is 15.5. The van der Waals surface area contributed by atoms with Crippen LogP contribution in [-0.4, -0.2) is 17.6 Å². The molecular weight excluding hydrogens is 376 g/mol. The Labute approximate surface area is 168 Å². The molecule has 0 spiro atoms. The number of pyridine rings is 1. The summed E-state index contributed by atoms with van der Waals surface area (Å²) in [6.45, 7) is 1.96. The Morgan fingerprint density at radius 2 is 1.86 bits per heavy atom. The lowest BCUT2D eigenvalue weighted by Crippen LogP contribution is -2.31. The van der Waals surface area contributed by atoms with E-state index in [1.54, 1.807) is 20.2 Å². The number of aromatic nitrogens is 1. The average molecular weight is 397 g/mol. The number of rotatable bonds is 5. The minimum atomic E-state index is -0.454. The molecule has 6 heteroatoms. The number of methoxy groups -OCH3 is 1. The number of nitrogens with one attached hydrogen (secondary N) is 1. The summed E-state index contributed by atoms with van der Waals surface area (Å²) in [7, 11) is 3.22. The number of amides is 1. The SMILES string of the molecule is COc1ccc(C(NC(=O)c2ccc(=O)n(C)c2)c2ccccc2Cl)c(C)c1.